The molecule has 1 unspecified atom stereocenters. The van der Waals surface area contributed by atoms with Crippen LogP contribution in [0.15, 0.2) is 0 Å². The summed E-state index contributed by atoms with van der Waals surface area (Å²) in [7, 11) is -6.35. The average Bonchev–Trinajstić information content (AvgIpc) is 1.99. The van der Waals surface area contributed by atoms with Crippen LogP contribution in [0.2, 0.25) is 6.32 Å². The molecule has 0 rings (SSSR count). The van der Waals surface area contributed by atoms with Crippen LogP contribution in [0, 0.1) is 5.92 Å². The number of hydrogen-bond acceptors (Lipinski definition) is 5. The van der Waals surface area contributed by atoms with Gasteiger partial charge < -0.3 is 0 Å². The molecule has 1 atom stereocenters. The summed E-state index contributed by atoms with van der Waals surface area (Å²) >= 11 is -1.06. The fourth-order valence-electron chi connectivity index (χ4n) is 0.704. The summed E-state index contributed by atoms with van der Waals surface area (Å²) in [5.41, 5.74) is 0. The fraction of sp³-hybridized carbons (Fsp3) is 0.750. The maximum atomic E-state index is 11.0. The van der Waals surface area contributed by atoms with Crippen LogP contribution in [0.4, 0.5) is 0 Å². The van der Waals surface area contributed by atoms with Crippen molar-refractivity contribution in [3.63, 3.8) is 0 Å². The van der Waals surface area contributed by atoms with Crippen molar-refractivity contribution in [2.75, 3.05) is 0 Å². The third-order valence-corrected chi connectivity index (χ3v) is 3.50. The van der Waals surface area contributed by atoms with Gasteiger partial charge in [0.15, 0.2) is 0 Å². The zero-order chi connectivity index (χ0) is 11.4. The van der Waals surface area contributed by atoms with E-state index in [4.69, 9.17) is 18.8 Å². The molecule has 0 spiro atoms. The quantitative estimate of drug-likeness (QED) is 0.127. The number of halogens is 1. The van der Waals surface area contributed by atoms with Gasteiger partial charge in [-0.1, -0.05) is 0 Å². The molecule has 0 aromatic carbocycles. The van der Waals surface area contributed by atoms with Crippen LogP contribution in [-0.4, -0.2) is 25.7 Å². The van der Waals surface area contributed by atoms with E-state index in [-0.39, 0.29) is 10.1 Å². The summed E-state index contributed by atoms with van der Waals surface area (Å²) in [5.74, 6) is -0.547. The molecular formula is C4H11BINO6P-. The summed E-state index contributed by atoms with van der Waals surface area (Å²) in [6, 6.07) is 0. The van der Waals surface area contributed by atoms with Crippen molar-refractivity contribution in [1.29, 1.82) is 0 Å². The number of carbonyl (C=O) groups is 1. The van der Waals surface area contributed by atoms with Gasteiger partial charge in [-0.25, -0.2) is 0 Å². The van der Waals surface area contributed by atoms with Gasteiger partial charge in [0.1, 0.15) is 0 Å². The molecule has 0 aliphatic rings. The SMILES string of the molecule is CC(CB(O)OP(=O)(O)O)C(=O)[I-]N. The third-order valence-electron chi connectivity index (χ3n) is 1.31. The zero-order valence-corrected chi connectivity index (χ0v) is 10.4. The Morgan fingerprint density at radius 1 is 1.71 bits per heavy atom. The van der Waals surface area contributed by atoms with Gasteiger partial charge in [-0.2, -0.15) is 0 Å². The van der Waals surface area contributed by atoms with Crippen LogP contribution in [0.25, 0.3) is 0 Å². The third kappa shape index (κ3) is 6.88. The van der Waals surface area contributed by atoms with Crippen molar-refractivity contribution in [2.45, 2.75) is 13.2 Å². The van der Waals surface area contributed by atoms with Gasteiger partial charge in [-0.3, -0.25) is 0 Å². The minimum atomic E-state index is -4.70. The Morgan fingerprint density at radius 2 is 2.21 bits per heavy atom. The first kappa shape index (κ1) is 14.5. The van der Waals surface area contributed by atoms with Gasteiger partial charge >= 0.3 is 91.9 Å². The van der Waals surface area contributed by atoms with Crippen molar-refractivity contribution in [1.82, 2.24) is 0 Å². The van der Waals surface area contributed by atoms with Gasteiger partial charge in [0.25, 0.3) is 0 Å². The normalized spacial score (nSPS) is 14.1. The van der Waals surface area contributed by atoms with E-state index in [9.17, 15) is 9.36 Å². The Morgan fingerprint density at radius 3 is 2.57 bits per heavy atom. The van der Waals surface area contributed by atoms with E-state index in [1.807, 2.05) is 0 Å². The maximum absolute atomic E-state index is 11.0. The van der Waals surface area contributed by atoms with Crippen LogP contribution in [0.5, 0.6) is 0 Å². The Hall–Kier alpha value is 0.495. The Labute approximate surface area is 92.0 Å². The second kappa shape index (κ2) is 6.16. The van der Waals surface area contributed by atoms with Crippen LogP contribution < -0.4 is 25.4 Å². The van der Waals surface area contributed by atoms with E-state index < -0.39 is 42.3 Å². The Bertz CT molecular complexity index is 246. The van der Waals surface area contributed by atoms with Crippen molar-refractivity contribution < 1.29 is 50.1 Å². The summed E-state index contributed by atoms with van der Waals surface area (Å²) in [5, 5.41) is 9.00. The molecule has 0 bridgehead atoms. The van der Waals surface area contributed by atoms with E-state index in [2.05, 4.69) is 4.44 Å². The molecule has 84 valence electrons. The van der Waals surface area contributed by atoms with Crippen LogP contribution in [0.3, 0.4) is 0 Å². The number of nitrogens with two attached hydrogens (primary N) is 1. The standard InChI is InChI=1S/C4H11BINO6P/c1-3(4(8)6-7)2-5(9)13-14(10,11)12/h3,9H,2,7H2,1H3,(H2,10,11,12)/q-1. The van der Waals surface area contributed by atoms with Crippen molar-refractivity contribution in [2.24, 2.45) is 9.86 Å². The van der Waals surface area contributed by atoms with Gasteiger partial charge in [-0.15, -0.1) is 0 Å². The summed E-state index contributed by atoms with van der Waals surface area (Å²) in [6.07, 6.45) is -0.166. The molecule has 5 N–H and O–H groups in total. The molecule has 0 aromatic rings. The average molecular weight is 338 g/mol. The van der Waals surface area contributed by atoms with Crippen molar-refractivity contribution in [3.05, 3.63) is 0 Å². The Balaban J connectivity index is 4.00. The predicted octanol–water partition coefficient (Wildman–Crippen LogP) is -4.30. The van der Waals surface area contributed by atoms with E-state index in [1.165, 1.54) is 6.92 Å². The van der Waals surface area contributed by atoms with E-state index >= 15 is 0 Å². The Kier molecular flexibility index (Phi) is 6.38. The van der Waals surface area contributed by atoms with E-state index in [0.29, 0.717) is 0 Å². The minimum absolute atomic E-state index is 0.166. The predicted molar refractivity (Wildman–Crippen MR) is 44.3 cm³/mol. The topological polar surface area (TPSA) is 130 Å². The van der Waals surface area contributed by atoms with Gasteiger partial charge in [0.05, 0.1) is 0 Å². The van der Waals surface area contributed by atoms with Crippen molar-refractivity contribution >= 4 is 18.7 Å². The molecule has 0 aliphatic carbocycles. The van der Waals surface area contributed by atoms with Crippen molar-refractivity contribution in [3.8, 4) is 0 Å². The molecule has 0 heterocycles. The molecule has 0 saturated heterocycles. The number of hydrogen-bond donors (Lipinski definition) is 4. The molecule has 7 nitrogen and oxygen atoms in total. The molecule has 14 heavy (non-hydrogen) atoms. The van der Waals surface area contributed by atoms with Gasteiger partial charge in [-0.05, 0) is 0 Å². The van der Waals surface area contributed by atoms with Crippen LogP contribution in [0.1, 0.15) is 6.92 Å². The second-order valence-corrected chi connectivity index (χ2v) is 5.48. The molecule has 0 fully saturated rings. The molecule has 0 amide bonds. The van der Waals surface area contributed by atoms with Crippen LogP contribution in [-0.2, 0) is 13.8 Å². The van der Waals surface area contributed by atoms with Crippen LogP contribution >= 0.6 is 7.82 Å². The zero-order valence-electron chi connectivity index (χ0n) is 7.33. The molecule has 0 radical (unpaired) electrons. The first-order valence-electron chi connectivity index (χ1n) is 3.55. The first-order valence-corrected chi connectivity index (χ1v) is 7.41. The number of carbonyl (C=O) groups excluding carboxylic acids is 1. The summed E-state index contributed by atoms with van der Waals surface area (Å²) in [6.45, 7) is 1.52. The second-order valence-electron chi connectivity index (χ2n) is 2.60. The fourth-order valence-corrected chi connectivity index (χ4v) is 1.98. The number of rotatable bonds is 6. The monoisotopic (exact) mass is 338 g/mol. The van der Waals surface area contributed by atoms with Gasteiger partial charge in [0.2, 0.25) is 0 Å². The molecule has 0 saturated carbocycles. The van der Waals surface area contributed by atoms with Gasteiger partial charge in [0, 0.05) is 0 Å². The van der Waals surface area contributed by atoms with E-state index in [0.717, 1.165) is 0 Å². The molecular weight excluding hydrogens is 327 g/mol. The molecule has 0 aliphatic heterocycles. The number of phosphoric acid groups is 1. The summed E-state index contributed by atoms with van der Waals surface area (Å²) in [4.78, 5) is 27.6. The molecule has 10 heteroatoms. The first-order chi connectivity index (χ1) is 6.26. The summed E-state index contributed by atoms with van der Waals surface area (Å²) < 4.78 is 19.2. The molecule has 0 aromatic heterocycles. The van der Waals surface area contributed by atoms with E-state index in [1.54, 1.807) is 0 Å².